The first kappa shape index (κ1) is 13.7. The molecule has 0 fully saturated rings. The molecule has 1 aromatic heterocycles. The summed E-state index contributed by atoms with van der Waals surface area (Å²) in [5.41, 5.74) is 7.76. The van der Waals surface area contributed by atoms with Gasteiger partial charge in [0.1, 0.15) is 5.82 Å². The fraction of sp³-hybridized carbons (Fsp3) is 0.250. The molecule has 96 valence electrons. The van der Waals surface area contributed by atoms with Crippen molar-refractivity contribution < 1.29 is 4.39 Å². The zero-order chi connectivity index (χ0) is 13.3. The van der Waals surface area contributed by atoms with E-state index in [0.29, 0.717) is 16.6 Å². The molecule has 0 saturated heterocycles. The van der Waals surface area contributed by atoms with E-state index in [9.17, 15) is 4.39 Å². The van der Waals surface area contributed by atoms with Crippen molar-refractivity contribution >= 4 is 31.9 Å². The Morgan fingerprint density at radius 3 is 2.83 bits per heavy atom. The fourth-order valence-electron chi connectivity index (χ4n) is 1.84. The molecule has 0 aliphatic carbocycles. The number of nitrogens with zero attached hydrogens (tertiary/aromatic N) is 2. The van der Waals surface area contributed by atoms with Crippen molar-refractivity contribution in [3.05, 3.63) is 50.4 Å². The zero-order valence-corrected chi connectivity index (χ0v) is 12.9. The number of nitrogens with two attached hydrogens (primary N) is 1. The van der Waals surface area contributed by atoms with Gasteiger partial charge in [-0.15, -0.1) is 0 Å². The fourth-order valence-corrected chi connectivity index (χ4v) is 2.89. The van der Waals surface area contributed by atoms with Gasteiger partial charge in [-0.1, -0.05) is 12.1 Å². The third-order valence-electron chi connectivity index (χ3n) is 2.74. The zero-order valence-electron chi connectivity index (χ0n) is 9.70. The van der Waals surface area contributed by atoms with Crippen molar-refractivity contribution in [2.75, 3.05) is 0 Å². The maximum absolute atomic E-state index is 13.5. The summed E-state index contributed by atoms with van der Waals surface area (Å²) in [6.07, 6.45) is 1.70. The monoisotopic (exact) mass is 375 g/mol. The van der Waals surface area contributed by atoms with Crippen molar-refractivity contribution in [2.45, 2.75) is 19.5 Å². The highest BCUT2D eigenvalue weighted by Gasteiger charge is 2.20. The molecule has 0 aliphatic heterocycles. The van der Waals surface area contributed by atoms with Gasteiger partial charge in [0.05, 0.1) is 26.9 Å². The Hall–Kier alpha value is -0.720. The predicted molar refractivity (Wildman–Crippen MR) is 75.7 cm³/mol. The molecule has 0 radical (unpaired) electrons. The second kappa shape index (κ2) is 5.50. The van der Waals surface area contributed by atoms with Gasteiger partial charge < -0.3 is 5.73 Å². The summed E-state index contributed by atoms with van der Waals surface area (Å²) in [4.78, 5) is 0. The van der Waals surface area contributed by atoms with E-state index < -0.39 is 6.04 Å². The van der Waals surface area contributed by atoms with Gasteiger partial charge in [-0.05, 0) is 50.4 Å². The van der Waals surface area contributed by atoms with Crippen molar-refractivity contribution in [1.82, 2.24) is 9.78 Å². The van der Waals surface area contributed by atoms with Crippen molar-refractivity contribution in [2.24, 2.45) is 5.73 Å². The number of halogens is 3. The summed E-state index contributed by atoms with van der Waals surface area (Å²) in [5, 5.41) is 4.21. The van der Waals surface area contributed by atoms with Crippen LogP contribution in [0, 0.1) is 5.82 Å². The van der Waals surface area contributed by atoms with Crippen LogP contribution >= 0.6 is 31.9 Å². The van der Waals surface area contributed by atoms with Gasteiger partial charge in [0.25, 0.3) is 0 Å². The third kappa shape index (κ3) is 2.37. The molecular formula is C12H12Br2FN3. The van der Waals surface area contributed by atoms with E-state index >= 15 is 0 Å². The minimum absolute atomic E-state index is 0.318. The Labute approximate surface area is 121 Å². The van der Waals surface area contributed by atoms with Gasteiger partial charge in [0.2, 0.25) is 0 Å². The molecule has 18 heavy (non-hydrogen) atoms. The highest BCUT2D eigenvalue weighted by Crippen LogP contribution is 2.32. The second-order valence-corrected chi connectivity index (χ2v) is 5.46. The minimum Gasteiger partial charge on any atom is -0.319 e. The number of hydrogen-bond acceptors (Lipinski definition) is 2. The van der Waals surface area contributed by atoms with Gasteiger partial charge in [0, 0.05) is 6.54 Å². The van der Waals surface area contributed by atoms with Crippen LogP contribution in [0.3, 0.4) is 0 Å². The van der Waals surface area contributed by atoms with E-state index in [1.54, 1.807) is 23.0 Å². The molecule has 3 nitrogen and oxygen atoms in total. The highest BCUT2D eigenvalue weighted by atomic mass is 79.9. The largest absolute Gasteiger partial charge is 0.319 e. The predicted octanol–water partition coefficient (Wildman–Crippen LogP) is 3.62. The maximum atomic E-state index is 13.5. The van der Waals surface area contributed by atoms with Crippen molar-refractivity contribution in [3.8, 4) is 0 Å². The molecule has 2 aromatic rings. The molecule has 1 atom stereocenters. The average Bonchev–Trinajstić information content (AvgIpc) is 2.73. The molecule has 0 bridgehead atoms. The van der Waals surface area contributed by atoms with E-state index in [2.05, 4.69) is 37.0 Å². The van der Waals surface area contributed by atoms with Crippen LogP contribution in [-0.2, 0) is 6.54 Å². The van der Waals surface area contributed by atoms with E-state index in [-0.39, 0.29) is 5.82 Å². The van der Waals surface area contributed by atoms with Crippen LogP contribution in [0.2, 0.25) is 0 Å². The second-order valence-electron chi connectivity index (χ2n) is 3.81. The smallest absolute Gasteiger partial charge is 0.137 e. The summed E-state index contributed by atoms with van der Waals surface area (Å²) in [5.74, 6) is -0.318. The Balaban J connectivity index is 2.51. The molecule has 0 amide bonds. The molecule has 0 spiro atoms. The molecule has 1 unspecified atom stereocenters. The molecule has 1 heterocycles. The average molecular weight is 377 g/mol. The highest BCUT2D eigenvalue weighted by molar-refractivity contribution is 9.10. The Morgan fingerprint density at radius 1 is 1.44 bits per heavy atom. The normalized spacial score (nSPS) is 12.7. The number of hydrogen-bond donors (Lipinski definition) is 1. The van der Waals surface area contributed by atoms with Gasteiger partial charge >= 0.3 is 0 Å². The molecule has 2 N–H and O–H groups in total. The first-order chi connectivity index (χ1) is 8.56. The lowest BCUT2D eigenvalue weighted by molar-refractivity contribution is 0.590. The topological polar surface area (TPSA) is 43.8 Å². The lowest BCUT2D eigenvalue weighted by Gasteiger charge is -2.16. The van der Waals surface area contributed by atoms with Crippen LogP contribution in [0.1, 0.15) is 24.2 Å². The molecule has 0 aliphatic rings. The van der Waals surface area contributed by atoms with Gasteiger partial charge in [-0.25, -0.2) is 4.39 Å². The van der Waals surface area contributed by atoms with Crippen LogP contribution in [0.15, 0.2) is 33.3 Å². The molecule has 6 heteroatoms. The maximum Gasteiger partial charge on any atom is 0.137 e. The van der Waals surface area contributed by atoms with Gasteiger partial charge in [-0.3, -0.25) is 4.68 Å². The Kier molecular flexibility index (Phi) is 4.19. The van der Waals surface area contributed by atoms with Gasteiger partial charge in [0.15, 0.2) is 0 Å². The summed E-state index contributed by atoms with van der Waals surface area (Å²) in [6, 6.07) is 4.41. The third-order valence-corrected chi connectivity index (χ3v) is 4.19. The molecule has 2 rings (SSSR count). The van der Waals surface area contributed by atoms with Crippen molar-refractivity contribution in [1.29, 1.82) is 0 Å². The van der Waals surface area contributed by atoms with Crippen LogP contribution in [0.25, 0.3) is 0 Å². The SMILES string of the molecule is CCn1ncc(Br)c1C(N)c1cccc(F)c1Br. The quantitative estimate of drug-likeness (QED) is 0.889. The number of aryl methyl sites for hydroxylation is 1. The standard InChI is InChI=1S/C12H12Br2FN3/c1-2-18-12(8(13)6-17-18)11(16)7-4-3-5-9(15)10(7)14/h3-6,11H,2,16H2,1H3. The molecular weight excluding hydrogens is 365 g/mol. The van der Waals surface area contributed by atoms with Crippen LogP contribution < -0.4 is 5.73 Å². The Morgan fingerprint density at radius 2 is 2.17 bits per heavy atom. The summed E-state index contributed by atoms with van der Waals surface area (Å²) >= 11 is 6.66. The number of rotatable bonds is 3. The van der Waals surface area contributed by atoms with Crippen molar-refractivity contribution in [3.63, 3.8) is 0 Å². The number of benzene rings is 1. The van der Waals surface area contributed by atoms with Crippen LogP contribution in [0.4, 0.5) is 4.39 Å². The first-order valence-electron chi connectivity index (χ1n) is 5.47. The first-order valence-corrected chi connectivity index (χ1v) is 7.05. The summed E-state index contributed by atoms with van der Waals surface area (Å²) in [6.45, 7) is 2.69. The Bertz CT molecular complexity index is 568. The summed E-state index contributed by atoms with van der Waals surface area (Å²) < 4.78 is 16.5. The molecule has 1 aromatic carbocycles. The van der Waals surface area contributed by atoms with Crippen LogP contribution in [0.5, 0.6) is 0 Å². The van der Waals surface area contributed by atoms with E-state index in [1.165, 1.54) is 6.07 Å². The van der Waals surface area contributed by atoms with Crippen LogP contribution in [-0.4, -0.2) is 9.78 Å². The van der Waals surface area contributed by atoms with E-state index in [4.69, 9.17) is 5.73 Å². The lowest BCUT2D eigenvalue weighted by Crippen LogP contribution is -2.18. The summed E-state index contributed by atoms with van der Waals surface area (Å²) in [7, 11) is 0. The van der Waals surface area contributed by atoms with Gasteiger partial charge in [-0.2, -0.15) is 5.10 Å². The number of aromatic nitrogens is 2. The molecule has 0 saturated carbocycles. The van der Waals surface area contributed by atoms with E-state index in [0.717, 1.165) is 10.2 Å². The van der Waals surface area contributed by atoms with E-state index in [1.807, 2.05) is 6.92 Å². The minimum atomic E-state index is -0.438. The lowest BCUT2D eigenvalue weighted by atomic mass is 10.0.